The number of anilines is 2. The maximum absolute atomic E-state index is 14.4. The smallest absolute Gasteiger partial charge is 0.270 e. The summed E-state index contributed by atoms with van der Waals surface area (Å²) in [4.78, 5) is 101. The van der Waals surface area contributed by atoms with Gasteiger partial charge in [0.25, 0.3) is 29.5 Å². The number of benzene rings is 4. The predicted octanol–water partition coefficient (Wildman–Crippen LogP) is -4.48. The summed E-state index contributed by atoms with van der Waals surface area (Å²) < 4.78 is 0. The topological polar surface area (TPSA) is 509 Å². The fourth-order valence-corrected chi connectivity index (χ4v) is 6.80. The van der Waals surface area contributed by atoms with E-state index in [1.165, 1.54) is 17.0 Å². The fourth-order valence-electron chi connectivity index (χ4n) is 6.80. The Hall–Kier alpha value is -10.5. The standard InChI is InChI=1S/C46H55N21O7/c47-30-27-12-7-21-57-28(27)19-20-29(30)67(22-25-17-15-24(16-18-25)14-13-23-8-3-1-4-9-23)42(74)41(73)58-31(26-10-5-2-6-11-26)37(69)60-34(64-44(51)52)39(71)62-36(66-46(55)56)40(72)61-35(65-45(53)54)38(70)59-33(32(48)68)63-43(49)50/h1-21,31,33-36,42,74H,22,47H2,(H2,48,68)(H,58,73)(H,59,70)(H,60,69)(H,61,72)(H,62,71)(H4,49,50,63)(H4,51,52,64)(H4,53,54,65)(H4,55,56,66). The number of fused-ring (bicyclic) bond motifs is 1. The molecular weight excluding hydrogens is 959 g/mol. The Bertz CT molecular complexity index is 2970. The van der Waals surface area contributed by atoms with E-state index in [-0.39, 0.29) is 23.5 Å². The van der Waals surface area contributed by atoms with Gasteiger partial charge in [0.1, 0.15) is 6.04 Å². The lowest BCUT2D eigenvalue weighted by molar-refractivity contribution is -0.136. The molecule has 0 bridgehead atoms. The lowest BCUT2D eigenvalue weighted by Gasteiger charge is -2.32. The highest BCUT2D eigenvalue weighted by atomic mass is 16.3. The van der Waals surface area contributed by atoms with E-state index in [2.05, 4.69) is 46.2 Å². The first-order valence-electron chi connectivity index (χ1n) is 21.8. The number of carbonyl (C=O) groups excluding carboxylic acids is 6. The minimum Gasteiger partial charge on any atom is -0.396 e. The molecule has 1 heterocycles. The van der Waals surface area contributed by atoms with Crippen LogP contribution in [0, 0.1) is 0 Å². The first-order valence-corrected chi connectivity index (χ1v) is 21.8. The molecule has 0 aliphatic rings. The van der Waals surface area contributed by atoms with Crippen LogP contribution in [0.4, 0.5) is 11.4 Å². The number of aliphatic hydroxyl groups is 1. The number of guanidine groups is 4. The molecule has 26 N–H and O–H groups in total. The van der Waals surface area contributed by atoms with E-state index in [4.69, 9.17) is 57.3 Å². The highest BCUT2D eigenvalue weighted by Crippen LogP contribution is 2.33. The van der Waals surface area contributed by atoms with Crippen LogP contribution in [0.15, 0.2) is 135 Å². The summed E-state index contributed by atoms with van der Waals surface area (Å²) in [5.41, 5.74) is 59.5. The Kier molecular flexibility index (Phi) is 18.7. The van der Waals surface area contributed by atoms with Gasteiger partial charge in [0.05, 0.1) is 16.9 Å². The Morgan fingerprint density at radius 1 is 0.527 bits per heavy atom. The number of nitrogen functional groups attached to an aromatic ring is 1. The van der Waals surface area contributed by atoms with Crippen molar-refractivity contribution in [2.24, 2.45) is 71.6 Å². The second-order valence-corrected chi connectivity index (χ2v) is 15.7. The Morgan fingerprint density at radius 2 is 0.986 bits per heavy atom. The molecule has 0 fully saturated rings. The molecule has 6 amide bonds. The molecule has 6 unspecified atom stereocenters. The number of aliphatic hydroxyl groups excluding tert-OH is 1. The van der Waals surface area contributed by atoms with Crippen molar-refractivity contribution in [3.8, 4) is 0 Å². The van der Waals surface area contributed by atoms with E-state index in [9.17, 15) is 33.9 Å². The summed E-state index contributed by atoms with van der Waals surface area (Å²) in [6.07, 6.45) is -4.75. The van der Waals surface area contributed by atoms with Crippen LogP contribution in [0.5, 0.6) is 0 Å². The molecule has 28 nitrogen and oxygen atoms in total. The van der Waals surface area contributed by atoms with Gasteiger partial charge < -0.3 is 93.9 Å². The van der Waals surface area contributed by atoms with Gasteiger partial charge in [-0.3, -0.25) is 33.8 Å². The van der Waals surface area contributed by atoms with Crippen molar-refractivity contribution in [1.82, 2.24) is 31.6 Å². The molecule has 0 aliphatic heterocycles. The number of nitrogens with zero attached hydrogens (tertiary/aromatic N) is 6. The Balaban J connectivity index is 1.42. The molecule has 6 atom stereocenters. The molecule has 4 aromatic carbocycles. The number of hydrogen-bond donors (Lipinski definition) is 16. The number of nitrogens with one attached hydrogen (secondary N) is 5. The number of carbonyl (C=O) groups is 6. The third kappa shape index (κ3) is 15.5. The number of aliphatic imine (C=N–C) groups is 4. The van der Waals surface area contributed by atoms with Crippen molar-refractivity contribution in [3.05, 3.63) is 138 Å². The van der Waals surface area contributed by atoms with Crippen LogP contribution < -0.4 is 88.8 Å². The van der Waals surface area contributed by atoms with Crippen LogP contribution in [0.2, 0.25) is 0 Å². The first-order chi connectivity index (χ1) is 35.2. The number of pyridine rings is 1. The van der Waals surface area contributed by atoms with Gasteiger partial charge in [-0.15, -0.1) is 0 Å². The Morgan fingerprint density at radius 3 is 1.49 bits per heavy atom. The van der Waals surface area contributed by atoms with Gasteiger partial charge in [0.2, 0.25) is 36.8 Å². The summed E-state index contributed by atoms with van der Waals surface area (Å²) in [7, 11) is 0. The van der Waals surface area contributed by atoms with Gasteiger partial charge in [-0.05, 0) is 46.5 Å². The zero-order valence-corrected chi connectivity index (χ0v) is 39.1. The van der Waals surface area contributed by atoms with Gasteiger partial charge in [-0.1, -0.05) is 97.1 Å². The van der Waals surface area contributed by atoms with E-state index in [0.717, 1.165) is 11.1 Å². The summed E-state index contributed by atoms with van der Waals surface area (Å²) in [5.74, 6) is -10.4. The van der Waals surface area contributed by atoms with Gasteiger partial charge in [-0.25, -0.2) is 20.0 Å². The van der Waals surface area contributed by atoms with E-state index in [0.29, 0.717) is 16.5 Å². The van der Waals surface area contributed by atoms with Crippen LogP contribution in [0.25, 0.3) is 23.1 Å². The molecule has 1 aromatic heterocycles. The monoisotopic (exact) mass is 1010 g/mol. The van der Waals surface area contributed by atoms with Crippen LogP contribution in [-0.4, -0.2) is 100 Å². The summed E-state index contributed by atoms with van der Waals surface area (Å²) in [6.45, 7) is -0.0735. The van der Waals surface area contributed by atoms with Crippen LogP contribution in [0.1, 0.15) is 28.3 Å². The molecule has 0 saturated carbocycles. The third-order valence-corrected chi connectivity index (χ3v) is 10.2. The van der Waals surface area contributed by atoms with E-state index < -0.39 is 96.2 Å². The van der Waals surface area contributed by atoms with Crippen molar-refractivity contribution in [2.45, 2.75) is 43.5 Å². The molecule has 0 aliphatic carbocycles. The van der Waals surface area contributed by atoms with Crippen molar-refractivity contribution in [2.75, 3.05) is 10.6 Å². The van der Waals surface area contributed by atoms with Crippen LogP contribution in [-0.2, 0) is 35.3 Å². The minimum atomic E-state index is -2.15. The zero-order chi connectivity index (χ0) is 54.1. The average molecular weight is 1010 g/mol. The maximum atomic E-state index is 14.4. The van der Waals surface area contributed by atoms with Gasteiger partial charge in [0.15, 0.2) is 23.8 Å². The number of amides is 6. The summed E-state index contributed by atoms with van der Waals surface area (Å²) in [6, 6.07) is 29.7. The summed E-state index contributed by atoms with van der Waals surface area (Å²) >= 11 is 0. The van der Waals surface area contributed by atoms with Gasteiger partial charge in [-0.2, -0.15) is 0 Å². The van der Waals surface area contributed by atoms with E-state index in [1.54, 1.807) is 48.7 Å². The average Bonchev–Trinajstić information content (AvgIpc) is 3.36. The molecule has 5 aromatic rings. The Labute approximate surface area is 421 Å². The van der Waals surface area contributed by atoms with Crippen molar-refractivity contribution in [3.63, 3.8) is 0 Å². The fraction of sp³-hybridized carbons (Fsp3) is 0.152. The SMILES string of the molecule is NC(=O)C(N=C(N)N)NC(=O)C(N=C(N)N)NC(=O)C(N=C(N)N)NC(=O)C(N=C(N)N)NC(=O)C(NC(=O)C(O)N(Cc1ccc(C=Cc2ccccc2)cc1)c1ccc2ncccc2c1N)c1ccccc1. The number of rotatable bonds is 22. The molecule has 74 heavy (non-hydrogen) atoms. The normalized spacial score (nSPS) is 13.2. The molecular formula is C46H55N21O7. The quantitative estimate of drug-likeness (QED) is 0.0102. The van der Waals surface area contributed by atoms with E-state index >= 15 is 0 Å². The highest BCUT2D eigenvalue weighted by molar-refractivity contribution is 6.01. The number of aromatic nitrogens is 1. The number of hydrogen-bond acceptors (Lipinski definition) is 14. The molecule has 0 spiro atoms. The van der Waals surface area contributed by atoms with Gasteiger partial charge in [0, 0.05) is 18.1 Å². The van der Waals surface area contributed by atoms with Crippen LogP contribution >= 0.6 is 0 Å². The molecule has 28 heteroatoms. The first kappa shape index (κ1) is 54.4. The van der Waals surface area contributed by atoms with Crippen molar-refractivity contribution >= 4 is 93.7 Å². The van der Waals surface area contributed by atoms with Crippen LogP contribution in [0.3, 0.4) is 0 Å². The lowest BCUT2D eigenvalue weighted by Crippen LogP contribution is -2.58. The summed E-state index contributed by atoms with van der Waals surface area (Å²) in [5, 5.41) is 23.6. The van der Waals surface area contributed by atoms with Gasteiger partial charge >= 0.3 is 0 Å². The van der Waals surface area contributed by atoms with Crippen molar-refractivity contribution < 1.29 is 33.9 Å². The molecule has 0 radical (unpaired) electrons. The number of nitrogens with two attached hydrogens (primary N) is 10. The second-order valence-electron chi connectivity index (χ2n) is 15.7. The van der Waals surface area contributed by atoms with Crippen molar-refractivity contribution in [1.29, 1.82) is 0 Å². The maximum Gasteiger partial charge on any atom is 0.270 e. The largest absolute Gasteiger partial charge is 0.396 e. The van der Waals surface area contributed by atoms with E-state index in [1.807, 2.05) is 72.1 Å². The minimum absolute atomic E-state index is 0.0735. The third-order valence-electron chi connectivity index (χ3n) is 10.2. The molecule has 0 saturated heterocycles. The number of primary amides is 1. The molecule has 386 valence electrons. The predicted molar refractivity (Wildman–Crippen MR) is 278 cm³/mol. The highest BCUT2D eigenvalue weighted by Gasteiger charge is 2.35. The second kappa shape index (κ2) is 25.4. The molecule has 5 rings (SSSR count). The lowest BCUT2D eigenvalue weighted by atomic mass is 10.1. The zero-order valence-electron chi connectivity index (χ0n) is 39.1.